The minimum atomic E-state index is 0.113. The molecule has 0 spiro atoms. The first-order valence-electron chi connectivity index (χ1n) is 9.97. The maximum atomic E-state index is 5.93. The van der Waals surface area contributed by atoms with E-state index in [1.807, 2.05) is 12.1 Å². The first-order chi connectivity index (χ1) is 13.5. The van der Waals surface area contributed by atoms with Gasteiger partial charge in [-0.05, 0) is 36.2 Å². The molecule has 5 nitrogen and oxygen atoms in total. The van der Waals surface area contributed by atoms with E-state index in [0.717, 1.165) is 42.2 Å². The summed E-state index contributed by atoms with van der Waals surface area (Å²) >= 11 is 3.49. The van der Waals surface area contributed by atoms with Gasteiger partial charge in [0.25, 0.3) is 0 Å². The first kappa shape index (κ1) is 19.5. The maximum Gasteiger partial charge on any atom is 0.191 e. The highest BCUT2D eigenvalue weighted by atomic mass is 79.9. The number of fused-ring (bicyclic) bond motifs is 1. The highest BCUT2D eigenvalue weighted by Gasteiger charge is 2.59. The number of rotatable bonds is 6. The molecule has 4 rings (SSSR count). The number of furan rings is 1. The highest BCUT2D eigenvalue weighted by Crippen LogP contribution is 2.52. The molecule has 2 aliphatic rings. The van der Waals surface area contributed by atoms with E-state index in [4.69, 9.17) is 14.1 Å². The van der Waals surface area contributed by atoms with E-state index >= 15 is 0 Å². The third kappa shape index (κ3) is 4.13. The second kappa shape index (κ2) is 8.29. The molecule has 28 heavy (non-hydrogen) atoms. The smallest absolute Gasteiger partial charge is 0.191 e. The van der Waals surface area contributed by atoms with Crippen molar-refractivity contribution in [3.63, 3.8) is 0 Å². The molecule has 2 heterocycles. The van der Waals surface area contributed by atoms with E-state index < -0.39 is 0 Å². The number of ether oxygens (including phenoxy) is 1. The summed E-state index contributed by atoms with van der Waals surface area (Å²) in [6.45, 7) is 6.85. The maximum absolute atomic E-state index is 5.93. The number of nitrogens with one attached hydrogen (secondary N) is 2. The largest absolute Gasteiger partial charge is 0.469 e. The van der Waals surface area contributed by atoms with Crippen molar-refractivity contribution in [2.75, 3.05) is 13.2 Å². The Bertz CT molecular complexity index is 802. The summed E-state index contributed by atoms with van der Waals surface area (Å²) < 4.78 is 12.5. The van der Waals surface area contributed by atoms with Gasteiger partial charge >= 0.3 is 0 Å². The first-order valence-corrected chi connectivity index (χ1v) is 10.8. The minimum Gasteiger partial charge on any atom is -0.469 e. The van der Waals surface area contributed by atoms with Crippen LogP contribution in [0.2, 0.25) is 0 Å². The van der Waals surface area contributed by atoms with Crippen molar-refractivity contribution >= 4 is 21.9 Å². The fraction of sp³-hybridized carbons (Fsp3) is 0.500. The van der Waals surface area contributed by atoms with E-state index in [2.05, 4.69) is 64.7 Å². The van der Waals surface area contributed by atoms with Gasteiger partial charge in [-0.1, -0.05) is 41.9 Å². The number of nitrogens with zero attached hydrogens (tertiary/aromatic N) is 1. The van der Waals surface area contributed by atoms with Gasteiger partial charge in [-0.15, -0.1) is 0 Å². The second-order valence-corrected chi connectivity index (χ2v) is 9.15. The van der Waals surface area contributed by atoms with Crippen LogP contribution in [0.1, 0.15) is 31.6 Å². The van der Waals surface area contributed by atoms with Gasteiger partial charge in [-0.3, -0.25) is 0 Å². The Hall–Kier alpha value is -1.79. The molecule has 1 aromatic carbocycles. The van der Waals surface area contributed by atoms with Crippen molar-refractivity contribution in [2.45, 2.75) is 45.4 Å². The lowest BCUT2D eigenvalue weighted by molar-refractivity contribution is -0.106. The quantitative estimate of drug-likeness (QED) is 0.518. The molecule has 0 bridgehead atoms. The average Bonchev–Trinajstić information content (AvgIpc) is 3.35. The van der Waals surface area contributed by atoms with Crippen LogP contribution in [-0.4, -0.2) is 31.3 Å². The molecule has 1 saturated carbocycles. The second-order valence-electron chi connectivity index (χ2n) is 8.23. The number of benzene rings is 1. The molecule has 1 aromatic heterocycles. The summed E-state index contributed by atoms with van der Waals surface area (Å²) in [5.74, 6) is 2.41. The average molecular weight is 446 g/mol. The molecule has 2 N–H and O–H groups in total. The number of guanidine groups is 1. The van der Waals surface area contributed by atoms with Crippen LogP contribution in [0.15, 0.2) is 56.5 Å². The van der Waals surface area contributed by atoms with Crippen LogP contribution in [0.5, 0.6) is 0 Å². The van der Waals surface area contributed by atoms with Crippen molar-refractivity contribution in [2.24, 2.45) is 16.3 Å². The highest BCUT2D eigenvalue weighted by molar-refractivity contribution is 9.10. The number of hydrogen-bond donors (Lipinski definition) is 2. The molecular weight excluding hydrogens is 418 g/mol. The summed E-state index contributed by atoms with van der Waals surface area (Å²) in [4.78, 5) is 4.85. The van der Waals surface area contributed by atoms with Gasteiger partial charge in [0.1, 0.15) is 5.76 Å². The molecule has 0 amide bonds. The number of halogens is 1. The molecule has 3 unspecified atom stereocenters. The summed E-state index contributed by atoms with van der Waals surface area (Å²) in [5, 5.41) is 7.18. The van der Waals surface area contributed by atoms with Gasteiger partial charge in [0.15, 0.2) is 5.96 Å². The number of aliphatic imine (C=N–C) groups is 1. The molecule has 2 fully saturated rings. The lowest BCUT2D eigenvalue weighted by atomic mass is 9.57. The SMILES string of the molecule is CC1(C)C(NC(=NCc2ccc(Br)cc2)NCCc2ccco2)C2CCOC21. The van der Waals surface area contributed by atoms with Crippen LogP contribution in [-0.2, 0) is 17.7 Å². The van der Waals surface area contributed by atoms with Crippen molar-refractivity contribution in [3.8, 4) is 0 Å². The van der Waals surface area contributed by atoms with E-state index in [0.29, 0.717) is 24.6 Å². The Kier molecular flexibility index (Phi) is 5.78. The zero-order valence-corrected chi connectivity index (χ0v) is 18.0. The minimum absolute atomic E-state index is 0.113. The van der Waals surface area contributed by atoms with E-state index in [1.165, 1.54) is 5.56 Å². The summed E-state index contributed by atoms with van der Waals surface area (Å²) in [6, 6.07) is 12.6. The Balaban J connectivity index is 1.42. The van der Waals surface area contributed by atoms with Gasteiger partial charge in [-0.2, -0.15) is 0 Å². The van der Waals surface area contributed by atoms with Crippen LogP contribution < -0.4 is 10.6 Å². The van der Waals surface area contributed by atoms with Gasteiger partial charge in [-0.25, -0.2) is 4.99 Å². The van der Waals surface area contributed by atoms with Gasteiger partial charge in [0, 0.05) is 41.4 Å². The van der Waals surface area contributed by atoms with Crippen molar-refractivity contribution in [1.82, 2.24) is 10.6 Å². The van der Waals surface area contributed by atoms with Gasteiger partial charge in [0.2, 0.25) is 0 Å². The van der Waals surface area contributed by atoms with E-state index in [1.54, 1.807) is 6.26 Å². The standard InChI is InChI=1S/C22H28BrN3O2/c1-22(2)19(18-10-13-28-20(18)22)26-21(24-11-9-17-4-3-12-27-17)25-14-15-5-7-16(23)8-6-15/h3-8,12,18-20H,9-11,13-14H2,1-2H3,(H2,24,25,26). The Morgan fingerprint density at radius 2 is 2.07 bits per heavy atom. The fourth-order valence-corrected chi connectivity index (χ4v) is 4.70. The lowest BCUT2D eigenvalue weighted by Gasteiger charge is -2.54. The van der Waals surface area contributed by atoms with Crippen molar-refractivity contribution < 1.29 is 9.15 Å². The predicted molar refractivity (Wildman–Crippen MR) is 114 cm³/mol. The zero-order valence-electron chi connectivity index (χ0n) is 16.5. The normalized spacial score (nSPS) is 25.8. The van der Waals surface area contributed by atoms with E-state index in [9.17, 15) is 0 Å². The topological polar surface area (TPSA) is 58.8 Å². The summed E-state index contributed by atoms with van der Waals surface area (Å²) in [7, 11) is 0. The molecule has 1 aliphatic carbocycles. The lowest BCUT2D eigenvalue weighted by Crippen LogP contribution is -2.68. The fourth-order valence-electron chi connectivity index (χ4n) is 4.44. The molecule has 1 aliphatic heterocycles. The monoisotopic (exact) mass is 445 g/mol. The molecule has 3 atom stereocenters. The molecule has 150 valence electrons. The molecule has 0 radical (unpaired) electrons. The van der Waals surface area contributed by atoms with Gasteiger partial charge in [0.05, 0.1) is 18.9 Å². The molecule has 6 heteroatoms. The Labute approximate surface area is 175 Å². The Morgan fingerprint density at radius 3 is 2.82 bits per heavy atom. The number of hydrogen-bond acceptors (Lipinski definition) is 3. The predicted octanol–water partition coefficient (Wildman–Crippen LogP) is 4.13. The zero-order chi connectivity index (χ0) is 19.6. The van der Waals surface area contributed by atoms with Crippen LogP contribution in [0.3, 0.4) is 0 Å². The van der Waals surface area contributed by atoms with Crippen LogP contribution in [0.4, 0.5) is 0 Å². The third-order valence-electron chi connectivity index (χ3n) is 5.97. The van der Waals surface area contributed by atoms with Gasteiger partial charge < -0.3 is 19.8 Å². The molecule has 1 saturated heterocycles. The van der Waals surface area contributed by atoms with Crippen molar-refractivity contribution in [1.29, 1.82) is 0 Å². The van der Waals surface area contributed by atoms with Crippen molar-refractivity contribution in [3.05, 3.63) is 58.5 Å². The van der Waals surface area contributed by atoms with Crippen LogP contribution in [0.25, 0.3) is 0 Å². The van der Waals surface area contributed by atoms with Crippen LogP contribution in [0, 0.1) is 11.3 Å². The molecule has 2 aromatic rings. The molecular formula is C22H28BrN3O2. The summed E-state index contributed by atoms with van der Waals surface area (Å²) in [5.41, 5.74) is 1.30. The van der Waals surface area contributed by atoms with Crippen LogP contribution >= 0.6 is 15.9 Å². The Morgan fingerprint density at radius 1 is 1.25 bits per heavy atom. The third-order valence-corrected chi connectivity index (χ3v) is 6.50. The van der Waals surface area contributed by atoms with E-state index in [-0.39, 0.29) is 5.41 Å². The summed E-state index contributed by atoms with van der Waals surface area (Å²) in [6.07, 6.45) is 4.03.